The predicted octanol–water partition coefficient (Wildman–Crippen LogP) is 3.06. The molecule has 5 nitrogen and oxygen atoms in total. The molecule has 0 aliphatic carbocycles. The fourth-order valence-electron chi connectivity index (χ4n) is 3.97. The van der Waals surface area contributed by atoms with E-state index in [4.69, 9.17) is 0 Å². The minimum atomic E-state index is -0.542. The second kappa shape index (κ2) is 11.1. The first-order valence-electron chi connectivity index (χ1n) is 9.91. The van der Waals surface area contributed by atoms with Gasteiger partial charge in [0.2, 0.25) is 0 Å². The van der Waals surface area contributed by atoms with Crippen LogP contribution in [0.5, 0.6) is 0 Å². The molecule has 8 heteroatoms. The molecule has 1 unspecified atom stereocenters. The number of benzene rings is 1. The number of aliphatic imine (C=N–C) groups is 1. The second-order valence-electron chi connectivity index (χ2n) is 7.71. The Morgan fingerprint density at radius 1 is 1.18 bits per heavy atom. The summed E-state index contributed by atoms with van der Waals surface area (Å²) in [5.41, 5.74) is 0.464. The molecule has 1 aromatic rings. The summed E-state index contributed by atoms with van der Waals surface area (Å²) in [6, 6.07) is 3.97. The van der Waals surface area contributed by atoms with Crippen LogP contribution < -0.4 is 15.5 Å². The van der Waals surface area contributed by atoms with Crippen LogP contribution in [0.4, 0.5) is 14.5 Å². The third-order valence-corrected chi connectivity index (χ3v) is 5.69. The maximum atomic E-state index is 14.0. The van der Waals surface area contributed by atoms with Gasteiger partial charge in [-0.05, 0) is 63.9 Å². The zero-order valence-electron chi connectivity index (χ0n) is 16.8. The van der Waals surface area contributed by atoms with Gasteiger partial charge in [0.1, 0.15) is 11.6 Å². The van der Waals surface area contributed by atoms with Crippen molar-refractivity contribution in [1.29, 1.82) is 0 Å². The van der Waals surface area contributed by atoms with Gasteiger partial charge in [-0.1, -0.05) is 0 Å². The number of hydrogen-bond acceptors (Lipinski definition) is 3. The summed E-state index contributed by atoms with van der Waals surface area (Å²) >= 11 is 0. The van der Waals surface area contributed by atoms with Gasteiger partial charge in [-0.2, -0.15) is 0 Å². The topological polar surface area (TPSA) is 42.9 Å². The van der Waals surface area contributed by atoms with Gasteiger partial charge in [0.05, 0.1) is 5.69 Å². The normalized spacial score (nSPS) is 21.5. The van der Waals surface area contributed by atoms with E-state index in [0.29, 0.717) is 12.2 Å². The molecular formula is C20H32F2IN5. The lowest BCUT2D eigenvalue weighted by atomic mass is 9.94. The largest absolute Gasteiger partial charge is 0.367 e. The second-order valence-corrected chi connectivity index (χ2v) is 7.71. The Bertz CT molecular complexity index is 649. The fourth-order valence-corrected chi connectivity index (χ4v) is 3.97. The van der Waals surface area contributed by atoms with E-state index >= 15 is 0 Å². The molecule has 2 aliphatic heterocycles. The highest BCUT2D eigenvalue weighted by molar-refractivity contribution is 14.0. The average Bonchev–Trinajstić information content (AvgIpc) is 3.10. The fraction of sp³-hybridized carbons (Fsp3) is 0.650. The molecule has 0 radical (unpaired) electrons. The van der Waals surface area contributed by atoms with Gasteiger partial charge >= 0.3 is 0 Å². The maximum absolute atomic E-state index is 14.0. The van der Waals surface area contributed by atoms with Gasteiger partial charge in [0, 0.05) is 38.8 Å². The highest BCUT2D eigenvalue weighted by Gasteiger charge is 2.25. The monoisotopic (exact) mass is 507 g/mol. The lowest BCUT2D eigenvalue weighted by molar-refractivity contribution is 0.213. The van der Waals surface area contributed by atoms with Crippen LogP contribution in [-0.2, 0) is 0 Å². The van der Waals surface area contributed by atoms with Crippen molar-refractivity contribution in [3.05, 3.63) is 29.8 Å². The van der Waals surface area contributed by atoms with Crippen LogP contribution in [0.3, 0.4) is 0 Å². The number of anilines is 1. The number of halogens is 3. The summed E-state index contributed by atoms with van der Waals surface area (Å²) < 4.78 is 27.1. The van der Waals surface area contributed by atoms with Crippen molar-refractivity contribution < 1.29 is 8.78 Å². The van der Waals surface area contributed by atoms with Gasteiger partial charge in [-0.25, -0.2) is 8.78 Å². The number of nitrogens with one attached hydrogen (secondary N) is 2. The molecule has 28 heavy (non-hydrogen) atoms. The summed E-state index contributed by atoms with van der Waals surface area (Å²) in [6.07, 6.45) is 4.59. The first-order chi connectivity index (χ1) is 13.0. The Morgan fingerprint density at radius 2 is 1.93 bits per heavy atom. The molecule has 2 saturated heterocycles. The number of likely N-dealkylation sites (tertiary alicyclic amines) is 1. The van der Waals surface area contributed by atoms with Crippen LogP contribution in [0.1, 0.15) is 25.7 Å². The van der Waals surface area contributed by atoms with E-state index in [1.54, 1.807) is 7.05 Å². The van der Waals surface area contributed by atoms with Crippen LogP contribution in [0.25, 0.3) is 0 Å². The molecule has 2 fully saturated rings. The summed E-state index contributed by atoms with van der Waals surface area (Å²) in [5, 5.41) is 6.84. The van der Waals surface area contributed by atoms with Crippen molar-refractivity contribution >= 4 is 35.6 Å². The standard InChI is InChI=1S/C20H31F2N5.HI/c1-23-20(24-9-5-15-6-10-26(2)11-7-15)25-17-8-12-27(14-17)19-4-3-16(21)13-18(19)22;/h3-4,13,15,17H,5-12,14H2,1-2H3,(H2,23,24,25);1H. The van der Waals surface area contributed by atoms with Crippen molar-refractivity contribution in [3.63, 3.8) is 0 Å². The number of guanidine groups is 1. The maximum Gasteiger partial charge on any atom is 0.191 e. The zero-order valence-corrected chi connectivity index (χ0v) is 19.1. The Hall–Kier alpha value is -1.16. The highest BCUT2D eigenvalue weighted by Crippen LogP contribution is 2.24. The van der Waals surface area contributed by atoms with Crippen LogP contribution in [0, 0.1) is 17.6 Å². The molecule has 2 aliphatic rings. The average molecular weight is 507 g/mol. The Morgan fingerprint density at radius 3 is 2.61 bits per heavy atom. The summed E-state index contributed by atoms with van der Waals surface area (Å²) in [5.74, 6) is 0.542. The molecule has 0 saturated carbocycles. The summed E-state index contributed by atoms with van der Waals surface area (Å²) in [7, 11) is 3.96. The van der Waals surface area contributed by atoms with Crippen LogP contribution in [-0.4, -0.2) is 63.7 Å². The van der Waals surface area contributed by atoms with E-state index in [2.05, 4.69) is 27.6 Å². The number of piperidine rings is 1. The third-order valence-electron chi connectivity index (χ3n) is 5.69. The molecule has 158 valence electrons. The molecule has 0 amide bonds. The molecule has 0 bridgehead atoms. The minimum absolute atomic E-state index is 0. The van der Waals surface area contributed by atoms with E-state index in [9.17, 15) is 8.78 Å². The van der Waals surface area contributed by atoms with E-state index in [1.165, 1.54) is 38.1 Å². The van der Waals surface area contributed by atoms with Crippen molar-refractivity contribution in [2.24, 2.45) is 10.9 Å². The number of nitrogens with zero attached hydrogens (tertiary/aromatic N) is 3. The zero-order chi connectivity index (χ0) is 19.2. The molecule has 2 N–H and O–H groups in total. The highest BCUT2D eigenvalue weighted by atomic mass is 127. The molecule has 3 rings (SSSR count). The molecule has 1 atom stereocenters. The van der Waals surface area contributed by atoms with Gasteiger partial charge in [-0.3, -0.25) is 4.99 Å². The van der Waals surface area contributed by atoms with Crippen LogP contribution in [0.15, 0.2) is 23.2 Å². The van der Waals surface area contributed by atoms with Gasteiger partial charge in [-0.15, -0.1) is 24.0 Å². The van der Waals surface area contributed by atoms with Gasteiger partial charge in [0.25, 0.3) is 0 Å². The van der Waals surface area contributed by atoms with Crippen molar-refractivity contribution in [1.82, 2.24) is 15.5 Å². The Balaban J connectivity index is 0.00000280. The minimum Gasteiger partial charge on any atom is -0.367 e. The molecular weight excluding hydrogens is 475 g/mol. The first kappa shape index (κ1) is 23.1. The van der Waals surface area contributed by atoms with Crippen molar-refractivity contribution in [2.45, 2.75) is 31.7 Å². The van der Waals surface area contributed by atoms with E-state index < -0.39 is 11.6 Å². The third kappa shape index (κ3) is 6.43. The van der Waals surface area contributed by atoms with Crippen LogP contribution in [0.2, 0.25) is 0 Å². The lowest BCUT2D eigenvalue weighted by Gasteiger charge is -2.29. The van der Waals surface area contributed by atoms with E-state index in [-0.39, 0.29) is 30.0 Å². The summed E-state index contributed by atoms with van der Waals surface area (Å²) in [6.45, 7) is 4.72. The number of rotatable bonds is 5. The van der Waals surface area contributed by atoms with E-state index in [1.807, 2.05) is 4.90 Å². The SMILES string of the molecule is CN=C(NCCC1CCN(C)CC1)NC1CCN(c2ccc(F)cc2F)C1.I. The summed E-state index contributed by atoms with van der Waals surface area (Å²) in [4.78, 5) is 8.66. The molecule has 1 aromatic carbocycles. The van der Waals surface area contributed by atoms with Crippen molar-refractivity contribution in [2.75, 3.05) is 51.7 Å². The Kier molecular flexibility index (Phi) is 9.20. The van der Waals surface area contributed by atoms with Crippen molar-refractivity contribution in [3.8, 4) is 0 Å². The van der Waals surface area contributed by atoms with Crippen LogP contribution >= 0.6 is 24.0 Å². The predicted molar refractivity (Wildman–Crippen MR) is 122 cm³/mol. The van der Waals surface area contributed by atoms with Gasteiger partial charge < -0.3 is 20.4 Å². The smallest absolute Gasteiger partial charge is 0.191 e. The lowest BCUT2D eigenvalue weighted by Crippen LogP contribution is -2.45. The number of hydrogen-bond donors (Lipinski definition) is 2. The first-order valence-corrected chi connectivity index (χ1v) is 9.91. The van der Waals surface area contributed by atoms with E-state index in [0.717, 1.165) is 43.9 Å². The Labute approximate surface area is 184 Å². The molecule has 2 heterocycles. The molecule has 0 spiro atoms. The quantitative estimate of drug-likeness (QED) is 0.366. The van der Waals surface area contributed by atoms with Gasteiger partial charge in [0.15, 0.2) is 5.96 Å². The molecule has 0 aromatic heterocycles.